The first-order valence-corrected chi connectivity index (χ1v) is 14.8. The van der Waals surface area contributed by atoms with E-state index >= 15 is 0 Å². The fourth-order valence-corrected chi connectivity index (χ4v) is 5.52. The van der Waals surface area contributed by atoms with Crippen molar-refractivity contribution in [3.63, 3.8) is 0 Å². The van der Waals surface area contributed by atoms with E-state index < -0.39 is 33.8 Å². The lowest BCUT2D eigenvalue weighted by Crippen LogP contribution is -2.49. The van der Waals surface area contributed by atoms with E-state index in [1.807, 2.05) is 32.0 Å². The Hall–Kier alpha value is -3.83. The van der Waals surface area contributed by atoms with Gasteiger partial charge in [0.25, 0.3) is 5.91 Å². The van der Waals surface area contributed by atoms with Crippen LogP contribution in [0.2, 0.25) is 0 Å². The quantitative estimate of drug-likeness (QED) is 0.256. The second-order valence-electron chi connectivity index (χ2n) is 9.84. The molecule has 3 amide bonds. The van der Waals surface area contributed by atoms with Crippen molar-refractivity contribution in [3.8, 4) is 0 Å². The normalized spacial score (nSPS) is 12.3. The molecule has 3 aromatic rings. The number of pyridine rings is 1. The third kappa shape index (κ3) is 8.59. The van der Waals surface area contributed by atoms with Crippen LogP contribution in [0.25, 0.3) is 10.9 Å². The van der Waals surface area contributed by atoms with Crippen LogP contribution in [0.15, 0.2) is 71.6 Å². The van der Waals surface area contributed by atoms with Gasteiger partial charge in [0, 0.05) is 32.1 Å². The number of carbonyl (C=O) groups excluding carboxylic acids is 3. The summed E-state index contributed by atoms with van der Waals surface area (Å²) < 4.78 is 27.9. The van der Waals surface area contributed by atoms with Gasteiger partial charge in [-0.1, -0.05) is 56.3 Å². The topological polar surface area (TPSA) is 138 Å². The summed E-state index contributed by atoms with van der Waals surface area (Å²) in [7, 11) is -2.24. The summed E-state index contributed by atoms with van der Waals surface area (Å²) in [5, 5.41) is 8.68. The van der Waals surface area contributed by atoms with Crippen molar-refractivity contribution in [3.05, 3.63) is 72.4 Å². The van der Waals surface area contributed by atoms with Crippen molar-refractivity contribution >= 4 is 38.6 Å². The SMILES string of the molecule is CNC(=O)C[C@H](NC(=O)c1ccc2ccccc2n1)C(=O)NCCCN(CCC(C)C)S(=O)(=O)c1ccccc1. The zero-order valence-electron chi connectivity index (χ0n) is 23.1. The van der Waals surface area contributed by atoms with E-state index in [4.69, 9.17) is 0 Å². The highest BCUT2D eigenvalue weighted by atomic mass is 32.2. The van der Waals surface area contributed by atoms with Crippen molar-refractivity contribution in [1.82, 2.24) is 25.2 Å². The summed E-state index contributed by atoms with van der Waals surface area (Å²) in [5.41, 5.74) is 0.759. The van der Waals surface area contributed by atoms with Crippen LogP contribution in [-0.2, 0) is 19.6 Å². The zero-order valence-corrected chi connectivity index (χ0v) is 23.9. The molecule has 0 aliphatic heterocycles. The van der Waals surface area contributed by atoms with Crippen LogP contribution in [0.4, 0.5) is 0 Å². The Morgan fingerprint density at radius 3 is 2.33 bits per heavy atom. The Morgan fingerprint density at radius 1 is 0.925 bits per heavy atom. The molecular formula is C29H37N5O5S. The Balaban J connectivity index is 1.63. The molecule has 0 fully saturated rings. The Bertz CT molecular complexity index is 1410. The largest absolute Gasteiger partial charge is 0.359 e. The number of nitrogens with zero attached hydrogens (tertiary/aromatic N) is 2. The van der Waals surface area contributed by atoms with Crippen LogP contribution < -0.4 is 16.0 Å². The van der Waals surface area contributed by atoms with Crippen LogP contribution in [0.1, 0.15) is 43.6 Å². The fraction of sp³-hybridized carbons (Fsp3) is 0.379. The molecule has 1 heterocycles. The van der Waals surface area contributed by atoms with Crippen LogP contribution in [0.3, 0.4) is 0 Å². The lowest BCUT2D eigenvalue weighted by atomic mass is 10.1. The molecule has 214 valence electrons. The van der Waals surface area contributed by atoms with Gasteiger partial charge in [0.2, 0.25) is 21.8 Å². The van der Waals surface area contributed by atoms with Crippen molar-refractivity contribution in [1.29, 1.82) is 0 Å². The van der Waals surface area contributed by atoms with Gasteiger partial charge in [-0.2, -0.15) is 4.31 Å². The predicted molar refractivity (Wildman–Crippen MR) is 154 cm³/mol. The molecule has 40 heavy (non-hydrogen) atoms. The summed E-state index contributed by atoms with van der Waals surface area (Å²) in [6.45, 7) is 4.79. The van der Waals surface area contributed by atoms with Crippen molar-refractivity contribution < 1.29 is 22.8 Å². The summed E-state index contributed by atoms with van der Waals surface area (Å²) in [4.78, 5) is 42.6. The number of hydrogen-bond acceptors (Lipinski definition) is 6. The Kier molecular flexibility index (Phi) is 11.2. The molecule has 1 aromatic heterocycles. The van der Waals surface area contributed by atoms with Crippen molar-refractivity contribution in [2.45, 2.75) is 44.0 Å². The van der Waals surface area contributed by atoms with Gasteiger partial charge in [-0.05, 0) is 43.0 Å². The summed E-state index contributed by atoms with van der Waals surface area (Å²) in [6, 6.07) is 17.8. The van der Waals surface area contributed by atoms with Gasteiger partial charge in [0.1, 0.15) is 11.7 Å². The number of nitrogens with one attached hydrogen (secondary N) is 3. The molecule has 3 N–H and O–H groups in total. The fourth-order valence-electron chi connectivity index (χ4n) is 4.01. The molecule has 0 unspecified atom stereocenters. The predicted octanol–water partition coefficient (Wildman–Crippen LogP) is 2.71. The van der Waals surface area contributed by atoms with Gasteiger partial charge in [0.15, 0.2) is 0 Å². The van der Waals surface area contributed by atoms with E-state index in [1.165, 1.54) is 11.4 Å². The van der Waals surface area contributed by atoms with E-state index in [2.05, 4.69) is 20.9 Å². The van der Waals surface area contributed by atoms with Crippen LogP contribution in [0, 0.1) is 5.92 Å². The Morgan fingerprint density at radius 2 is 1.62 bits per heavy atom. The summed E-state index contributed by atoms with van der Waals surface area (Å²) in [5.74, 6) is -1.22. The standard InChI is InChI=1S/C29H37N5O5S/c1-21(2)16-19-34(40(38,39)23-11-5-4-6-12-23)18-9-17-31-28(36)26(20-27(35)30-3)33-29(37)25-15-14-22-10-7-8-13-24(22)32-25/h4-8,10-15,21,26H,9,16-20H2,1-3H3,(H,30,35)(H,31,36)(H,33,37)/t26-/m0/s1. The second-order valence-corrected chi connectivity index (χ2v) is 11.8. The molecule has 0 spiro atoms. The maximum absolute atomic E-state index is 13.2. The first kappa shape index (κ1) is 30.7. The average molecular weight is 568 g/mol. The molecule has 11 heteroatoms. The number of benzene rings is 2. The molecule has 0 saturated carbocycles. The third-order valence-corrected chi connectivity index (χ3v) is 8.25. The highest BCUT2D eigenvalue weighted by Gasteiger charge is 2.26. The maximum atomic E-state index is 13.2. The zero-order chi connectivity index (χ0) is 29.1. The molecule has 0 aliphatic rings. The van der Waals surface area contributed by atoms with Gasteiger partial charge < -0.3 is 16.0 Å². The van der Waals surface area contributed by atoms with Crippen molar-refractivity contribution in [2.75, 3.05) is 26.7 Å². The average Bonchev–Trinajstić information content (AvgIpc) is 2.95. The number of para-hydroxylation sites is 1. The van der Waals surface area contributed by atoms with Gasteiger partial charge in [-0.25, -0.2) is 13.4 Å². The highest BCUT2D eigenvalue weighted by molar-refractivity contribution is 7.89. The molecule has 3 rings (SSSR count). The van der Waals surface area contributed by atoms with Gasteiger partial charge in [0.05, 0.1) is 16.8 Å². The molecule has 0 saturated heterocycles. The lowest BCUT2D eigenvalue weighted by molar-refractivity contribution is -0.128. The first-order chi connectivity index (χ1) is 19.1. The lowest BCUT2D eigenvalue weighted by Gasteiger charge is -2.23. The number of rotatable bonds is 14. The number of sulfonamides is 1. The molecular weight excluding hydrogens is 530 g/mol. The molecule has 0 radical (unpaired) electrons. The monoisotopic (exact) mass is 567 g/mol. The summed E-state index contributed by atoms with van der Waals surface area (Å²) >= 11 is 0. The number of aromatic nitrogens is 1. The van der Waals surface area contributed by atoms with Gasteiger partial charge >= 0.3 is 0 Å². The Labute approximate surface area is 235 Å². The molecule has 0 bridgehead atoms. The minimum Gasteiger partial charge on any atom is -0.359 e. The molecule has 0 aliphatic carbocycles. The smallest absolute Gasteiger partial charge is 0.270 e. The number of hydrogen-bond donors (Lipinski definition) is 3. The van der Waals surface area contributed by atoms with E-state index in [0.29, 0.717) is 30.8 Å². The van der Waals surface area contributed by atoms with Gasteiger partial charge in [-0.3, -0.25) is 14.4 Å². The molecule has 2 aromatic carbocycles. The van der Waals surface area contributed by atoms with E-state index in [0.717, 1.165) is 5.39 Å². The molecule has 10 nitrogen and oxygen atoms in total. The number of carbonyl (C=O) groups is 3. The second kappa shape index (κ2) is 14.5. The van der Waals surface area contributed by atoms with Gasteiger partial charge in [-0.15, -0.1) is 0 Å². The minimum atomic E-state index is -3.69. The van der Waals surface area contributed by atoms with E-state index in [-0.39, 0.29) is 30.1 Å². The van der Waals surface area contributed by atoms with Crippen LogP contribution in [-0.4, -0.2) is 68.2 Å². The van der Waals surface area contributed by atoms with Crippen molar-refractivity contribution in [2.24, 2.45) is 5.92 Å². The van der Waals surface area contributed by atoms with Crippen LogP contribution >= 0.6 is 0 Å². The number of amides is 3. The minimum absolute atomic E-state index is 0.125. The van der Waals surface area contributed by atoms with Crippen LogP contribution in [0.5, 0.6) is 0 Å². The first-order valence-electron chi connectivity index (χ1n) is 13.3. The van der Waals surface area contributed by atoms with E-state index in [9.17, 15) is 22.8 Å². The summed E-state index contributed by atoms with van der Waals surface area (Å²) in [6.07, 6.45) is 0.786. The maximum Gasteiger partial charge on any atom is 0.270 e. The molecule has 1 atom stereocenters. The number of fused-ring (bicyclic) bond motifs is 1. The third-order valence-electron chi connectivity index (χ3n) is 6.34. The highest BCUT2D eigenvalue weighted by Crippen LogP contribution is 2.17. The van der Waals surface area contributed by atoms with E-state index in [1.54, 1.807) is 48.5 Å².